The number of carbonyl (C=O) groups excluding carboxylic acids is 1. The van der Waals surface area contributed by atoms with Gasteiger partial charge in [0.15, 0.2) is 5.78 Å². The zero-order chi connectivity index (χ0) is 16.3. The van der Waals surface area contributed by atoms with Gasteiger partial charge in [0, 0.05) is 0 Å². The number of rotatable bonds is 17. The first-order valence-electron chi connectivity index (χ1n) is 9.94. The molecule has 0 aromatic carbocycles. The first-order chi connectivity index (χ1) is 10.8. The monoisotopic (exact) mass is 308 g/mol. The average molecular weight is 309 g/mol. The molecule has 130 valence electrons. The van der Waals surface area contributed by atoms with Gasteiger partial charge in [-0.05, 0) is 25.8 Å². The second-order valence-corrected chi connectivity index (χ2v) is 6.75. The summed E-state index contributed by atoms with van der Waals surface area (Å²) < 4.78 is 0. The molecule has 0 atom stereocenters. The van der Waals surface area contributed by atoms with Crippen molar-refractivity contribution in [3.05, 3.63) is 12.2 Å². The molecule has 0 radical (unpaired) electrons. The van der Waals surface area contributed by atoms with Crippen LogP contribution in [0.3, 0.4) is 0 Å². The van der Waals surface area contributed by atoms with E-state index in [1.807, 2.05) is 6.08 Å². The Hall–Kier alpha value is -0.590. The zero-order valence-corrected chi connectivity index (χ0v) is 15.4. The van der Waals surface area contributed by atoms with Crippen LogP contribution in [0.1, 0.15) is 117 Å². The van der Waals surface area contributed by atoms with Gasteiger partial charge in [0.2, 0.25) is 0 Å². The van der Waals surface area contributed by atoms with Crippen molar-refractivity contribution in [3.63, 3.8) is 0 Å². The molecule has 1 heteroatoms. The Labute approximate surface area is 140 Å². The van der Waals surface area contributed by atoms with E-state index in [0.29, 0.717) is 0 Å². The van der Waals surface area contributed by atoms with E-state index < -0.39 is 0 Å². The topological polar surface area (TPSA) is 17.1 Å². The highest BCUT2D eigenvalue weighted by Crippen LogP contribution is 2.13. The van der Waals surface area contributed by atoms with Crippen LogP contribution in [0.25, 0.3) is 0 Å². The van der Waals surface area contributed by atoms with Gasteiger partial charge >= 0.3 is 0 Å². The van der Waals surface area contributed by atoms with E-state index in [1.54, 1.807) is 13.0 Å². The van der Waals surface area contributed by atoms with Crippen molar-refractivity contribution in [1.29, 1.82) is 0 Å². The van der Waals surface area contributed by atoms with E-state index in [4.69, 9.17) is 0 Å². The molecule has 0 aliphatic carbocycles. The summed E-state index contributed by atoms with van der Waals surface area (Å²) in [6.45, 7) is 3.90. The number of hydrogen-bond donors (Lipinski definition) is 0. The molecule has 0 aromatic heterocycles. The van der Waals surface area contributed by atoms with E-state index >= 15 is 0 Å². The Balaban J connectivity index is 3.01. The molecular formula is C21H40O. The van der Waals surface area contributed by atoms with Crippen LogP contribution < -0.4 is 0 Å². The molecule has 0 spiro atoms. The number of allylic oxidation sites excluding steroid dienone is 2. The molecule has 0 amide bonds. The van der Waals surface area contributed by atoms with Gasteiger partial charge in [-0.15, -0.1) is 0 Å². The SMILES string of the molecule is CCCCCCCCCCCCCCCCCC=CC(C)=O. The summed E-state index contributed by atoms with van der Waals surface area (Å²) in [5.41, 5.74) is 0. The Bertz CT molecular complexity index is 255. The molecule has 1 nitrogen and oxygen atoms in total. The van der Waals surface area contributed by atoms with Crippen molar-refractivity contribution in [3.8, 4) is 0 Å². The van der Waals surface area contributed by atoms with E-state index in [9.17, 15) is 4.79 Å². The summed E-state index contributed by atoms with van der Waals surface area (Å²) in [7, 11) is 0. The fourth-order valence-electron chi connectivity index (χ4n) is 2.88. The highest BCUT2D eigenvalue weighted by molar-refractivity contribution is 5.87. The quantitative estimate of drug-likeness (QED) is 0.202. The van der Waals surface area contributed by atoms with Gasteiger partial charge in [0.25, 0.3) is 0 Å². The highest BCUT2D eigenvalue weighted by Gasteiger charge is 1.94. The van der Waals surface area contributed by atoms with Gasteiger partial charge in [0.05, 0.1) is 0 Å². The molecule has 0 unspecified atom stereocenters. The summed E-state index contributed by atoms with van der Waals surface area (Å²) in [5.74, 6) is 0.168. The number of hydrogen-bond acceptors (Lipinski definition) is 1. The smallest absolute Gasteiger partial charge is 0.152 e. The first-order valence-corrected chi connectivity index (χ1v) is 9.94. The number of ketones is 1. The van der Waals surface area contributed by atoms with E-state index in [-0.39, 0.29) is 5.78 Å². The maximum atomic E-state index is 10.7. The normalized spacial score (nSPS) is 11.4. The summed E-state index contributed by atoms with van der Waals surface area (Å²) in [5, 5.41) is 0. The second-order valence-electron chi connectivity index (χ2n) is 6.75. The zero-order valence-electron chi connectivity index (χ0n) is 15.4. The van der Waals surface area contributed by atoms with Crippen molar-refractivity contribution in [2.75, 3.05) is 0 Å². The molecule has 0 saturated carbocycles. The van der Waals surface area contributed by atoms with Gasteiger partial charge in [0.1, 0.15) is 0 Å². The Morgan fingerprint density at radius 3 is 1.36 bits per heavy atom. The third-order valence-corrected chi connectivity index (χ3v) is 4.33. The van der Waals surface area contributed by atoms with Crippen LogP contribution in [0.5, 0.6) is 0 Å². The fraction of sp³-hybridized carbons (Fsp3) is 0.857. The van der Waals surface area contributed by atoms with Crippen LogP contribution in [0.15, 0.2) is 12.2 Å². The number of unbranched alkanes of at least 4 members (excludes halogenated alkanes) is 15. The summed E-state index contributed by atoms with van der Waals surface area (Å²) in [6, 6.07) is 0. The largest absolute Gasteiger partial charge is 0.295 e. The lowest BCUT2D eigenvalue weighted by molar-refractivity contribution is -0.112. The molecule has 0 aliphatic heterocycles. The van der Waals surface area contributed by atoms with E-state index in [1.165, 1.54) is 96.3 Å². The van der Waals surface area contributed by atoms with Crippen LogP contribution in [-0.2, 0) is 4.79 Å². The molecule has 0 heterocycles. The van der Waals surface area contributed by atoms with Crippen LogP contribution in [0, 0.1) is 0 Å². The minimum Gasteiger partial charge on any atom is -0.295 e. The van der Waals surface area contributed by atoms with E-state index in [0.717, 1.165) is 6.42 Å². The maximum Gasteiger partial charge on any atom is 0.152 e. The molecule has 0 saturated heterocycles. The number of carbonyl (C=O) groups is 1. The van der Waals surface area contributed by atoms with Gasteiger partial charge in [-0.2, -0.15) is 0 Å². The highest BCUT2D eigenvalue weighted by atomic mass is 16.1. The third-order valence-electron chi connectivity index (χ3n) is 4.33. The lowest BCUT2D eigenvalue weighted by Crippen LogP contribution is -1.83. The van der Waals surface area contributed by atoms with Gasteiger partial charge in [-0.25, -0.2) is 0 Å². The first kappa shape index (κ1) is 21.4. The average Bonchev–Trinajstić information content (AvgIpc) is 2.50. The van der Waals surface area contributed by atoms with Crippen LogP contribution in [0.2, 0.25) is 0 Å². The third kappa shape index (κ3) is 19.4. The van der Waals surface area contributed by atoms with Crippen LogP contribution >= 0.6 is 0 Å². The lowest BCUT2D eigenvalue weighted by atomic mass is 10.0. The Morgan fingerprint density at radius 2 is 1.00 bits per heavy atom. The molecule has 0 fully saturated rings. The summed E-state index contributed by atoms with van der Waals surface area (Å²) in [4.78, 5) is 10.7. The molecule has 0 aromatic rings. The molecule has 0 N–H and O–H groups in total. The predicted octanol–water partition coefficient (Wildman–Crippen LogP) is 7.39. The van der Waals surface area contributed by atoms with Crippen molar-refractivity contribution >= 4 is 5.78 Å². The fourth-order valence-corrected chi connectivity index (χ4v) is 2.88. The van der Waals surface area contributed by atoms with Crippen molar-refractivity contribution in [2.24, 2.45) is 0 Å². The van der Waals surface area contributed by atoms with Crippen LogP contribution in [-0.4, -0.2) is 5.78 Å². The molecule has 0 bridgehead atoms. The van der Waals surface area contributed by atoms with Crippen molar-refractivity contribution in [2.45, 2.75) is 117 Å². The van der Waals surface area contributed by atoms with Crippen LogP contribution in [0.4, 0.5) is 0 Å². The van der Waals surface area contributed by atoms with Crippen molar-refractivity contribution < 1.29 is 4.79 Å². The molecule has 22 heavy (non-hydrogen) atoms. The standard InChI is InChI=1S/C21H40O/c1-3-4-5-6-7-8-9-10-11-12-13-14-15-16-17-18-19-20-21(2)22/h19-20H,3-18H2,1-2H3. The van der Waals surface area contributed by atoms with Crippen molar-refractivity contribution in [1.82, 2.24) is 0 Å². The van der Waals surface area contributed by atoms with E-state index in [2.05, 4.69) is 6.92 Å². The Kier molecular flexibility index (Phi) is 18.0. The summed E-state index contributed by atoms with van der Waals surface area (Å²) >= 11 is 0. The maximum absolute atomic E-state index is 10.7. The molecule has 0 aliphatic rings. The molecule has 0 rings (SSSR count). The second kappa shape index (κ2) is 18.5. The van der Waals surface area contributed by atoms with Gasteiger partial charge < -0.3 is 0 Å². The summed E-state index contributed by atoms with van der Waals surface area (Å²) in [6.07, 6.45) is 25.9. The van der Waals surface area contributed by atoms with Gasteiger partial charge in [-0.3, -0.25) is 4.79 Å². The Morgan fingerprint density at radius 1 is 0.636 bits per heavy atom. The minimum absolute atomic E-state index is 0.168. The predicted molar refractivity (Wildman–Crippen MR) is 99.4 cm³/mol. The lowest BCUT2D eigenvalue weighted by Gasteiger charge is -2.03. The molecular weight excluding hydrogens is 268 g/mol. The van der Waals surface area contributed by atoms with Gasteiger partial charge in [-0.1, -0.05) is 103 Å². The minimum atomic E-state index is 0.168.